The quantitative estimate of drug-likeness (QED) is 0.369. The van der Waals surface area contributed by atoms with Crippen LogP contribution in [-0.4, -0.2) is 37.4 Å². The first-order chi connectivity index (χ1) is 16.6. The molecule has 0 radical (unpaired) electrons. The second kappa shape index (κ2) is 10.4. The molecule has 0 atom stereocenters. The molecule has 0 aliphatic rings. The fraction of sp³-hybridized carbons (Fsp3) is 0.115. The summed E-state index contributed by atoms with van der Waals surface area (Å²) in [6, 6.07) is 20.3. The maximum Gasteiger partial charge on any atom is 0.260 e. The van der Waals surface area contributed by atoms with Crippen molar-refractivity contribution in [2.45, 2.75) is 0 Å². The summed E-state index contributed by atoms with van der Waals surface area (Å²) in [5.41, 5.74) is 2.71. The lowest BCUT2D eigenvalue weighted by Crippen LogP contribution is -2.08. The van der Waals surface area contributed by atoms with Crippen molar-refractivity contribution in [3.05, 3.63) is 78.4 Å². The minimum atomic E-state index is -0.330. The molecule has 34 heavy (non-hydrogen) atoms. The van der Waals surface area contributed by atoms with E-state index in [4.69, 9.17) is 18.7 Å². The van der Waals surface area contributed by atoms with Gasteiger partial charge in [0.15, 0.2) is 11.5 Å². The van der Waals surface area contributed by atoms with Crippen LogP contribution < -0.4 is 19.5 Å². The molecule has 0 bridgehead atoms. The first-order valence-corrected chi connectivity index (χ1v) is 10.4. The Hall–Kier alpha value is -4.59. The molecule has 0 aliphatic heterocycles. The summed E-state index contributed by atoms with van der Waals surface area (Å²) in [5.74, 6) is 1.93. The molecule has 1 N–H and O–H groups in total. The molecule has 0 spiro atoms. The number of benzene rings is 3. The fourth-order valence-corrected chi connectivity index (χ4v) is 3.36. The van der Waals surface area contributed by atoms with E-state index in [2.05, 4.69) is 15.5 Å². The number of hydrogen-bond acceptors (Lipinski definition) is 7. The molecule has 4 rings (SSSR count). The number of nitrogens with zero attached hydrogens (tertiary/aromatic N) is 2. The summed E-state index contributed by atoms with van der Waals surface area (Å²) in [7, 11) is 4.61. The maximum atomic E-state index is 12.7. The zero-order valence-corrected chi connectivity index (χ0v) is 18.9. The lowest BCUT2D eigenvalue weighted by atomic mass is 10.1. The van der Waals surface area contributed by atoms with Crippen LogP contribution in [-0.2, 0) is 4.79 Å². The van der Waals surface area contributed by atoms with E-state index < -0.39 is 0 Å². The van der Waals surface area contributed by atoms with Crippen LogP contribution in [0.15, 0.2) is 77.3 Å². The van der Waals surface area contributed by atoms with Crippen molar-refractivity contribution < 1.29 is 23.5 Å². The van der Waals surface area contributed by atoms with Crippen LogP contribution in [0, 0.1) is 0 Å². The summed E-state index contributed by atoms with van der Waals surface area (Å²) in [4.78, 5) is 17.2. The number of methoxy groups -OCH3 is 3. The highest BCUT2D eigenvalue weighted by Crippen LogP contribution is 2.38. The Morgan fingerprint density at radius 1 is 0.912 bits per heavy atom. The van der Waals surface area contributed by atoms with Gasteiger partial charge in [0.2, 0.25) is 17.5 Å². The number of para-hydroxylation sites is 1. The smallest absolute Gasteiger partial charge is 0.260 e. The molecule has 0 aliphatic carbocycles. The minimum absolute atomic E-state index is 0.309. The van der Waals surface area contributed by atoms with E-state index in [0.717, 1.165) is 5.56 Å². The van der Waals surface area contributed by atoms with Crippen molar-refractivity contribution in [2.24, 2.45) is 0 Å². The van der Waals surface area contributed by atoms with Gasteiger partial charge in [-0.15, -0.1) is 0 Å². The van der Waals surface area contributed by atoms with Crippen LogP contribution in [0.25, 0.3) is 28.9 Å². The molecule has 8 heteroatoms. The van der Waals surface area contributed by atoms with E-state index >= 15 is 0 Å². The second-order valence-corrected chi connectivity index (χ2v) is 7.12. The van der Waals surface area contributed by atoms with Gasteiger partial charge in [-0.2, -0.15) is 4.98 Å². The third-order valence-corrected chi connectivity index (χ3v) is 4.99. The maximum absolute atomic E-state index is 12.7. The van der Waals surface area contributed by atoms with Crippen molar-refractivity contribution in [3.63, 3.8) is 0 Å². The van der Waals surface area contributed by atoms with Crippen molar-refractivity contribution in [3.8, 4) is 40.1 Å². The van der Waals surface area contributed by atoms with Crippen LogP contribution in [0.4, 0.5) is 5.69 Å². The molecular formula is C26H23N3O5. The Kier molecular flexibility index (Phi) is 6.88. The fourth-order valence-electron chi connectivity index (χ4n) is 3.36. The van der Waals surface area contributed by atoms with Gasteiger partial charge < -0.3 is 24.1 Å². The largest absolute Gasteiger partial charge is 0.493 e. The third kappa shape index (κ3) is 4.91. The van der Waals surface area contributed by atoms with Gasteiger partial charge in [0.05, 0.1) is 32.6 Å². The molecule has 1 aromatic heterocycles. The normalized spacial score (nSPS) is 10.8. The van der Waals surface area contributed by atoms with Crippen LogP contribution >= 0.6 is 0 Å². The standard InChI is InChI=1S/C26H23N3O5/c1-31-21-15-17(16-22(32-2)24(21)33-3)13-14-23(30)27-20-12-8-7-11-19(20)26-28-25(29-34-26)18-9-5-4-6-10-18/h4-16H,1-3H3,(H,27,30). The van der Waals surface area contributed by atoms with Crippen LogP contribution in [0.2, 0.25) is 0 Å². The molecule has 8 nitrogen and oxygen atoms in total. The van der Waals surface area contributed by atoms with Crippen LogP contribution in [0.3, 0.4) is 0 Å². The van der Waals surface area contributed by atoms with Crippen molar-refractivity contribution >= 4 is 17.7 Å². The SMILES string of the molecule is COc1cc(C=CC(=O)Nc2ccccc2-c2nc(-c3ccccc3)no2)cc(OC)c1OC. The van der Waals surface area contributed by atoms with Gasteiger partial charge in [0, 0.05) is 11.6 Å². The predicted molar refractivity (Wildman–Crippen MR) is 129 cm³/mol. The van der Waals surface area contributed by atoms with E-state index in [1.807, 2.05) is 42.5 Å². The lowest BCUT2D eigenvalue weighted by molar-refractivity contribution is -0.111. The monoisotopic (exact) mass is 457 g/mol. The van der Waals surface area contributed by atoms with Gasteiger partial charge in [0.1, 0.15) is 0 Å². The van der Waals surface area contributed by atoms with Gasteiger partial charge in [-0.05, 0) is 35.9 Å². The second-order valence-electron chi connectivity index (χ2n) is 7.12. The average molecular weight is 457 g/mol. The molecule has 0 fully saturated rings. The average Bonchev–Trinajstić information content (AvgIpc) is 3.38. The number of hydrogen-bond donors (Lipinski definition) is 1. The van der Waals surface area contributed by atoms with E-state index in [9.17, 15) is 4.79 Å². The third-order valence-electron chi connectivity index (χ3n) is 4.99. The molecule has 1 amide bonds. The Morgan fingerprint density at radius 2 is 1.59 bits per heavy atom. The van der Waals surface area contributed by atoms with E-state index in [0.29, 0.717) is 45.8 Å². The van der Waals surface area contributed by atoms with Crippen molar-refractivity contribution in [1.29, 1.82) is 0 Å². The summed E-state index contributed by atoms with van der Waals surface area (Å²) >= 11 is 0. The van der Waals surface area contributed by atoms with Gasteiger partial charge in [0.25, 0.3) is 5.89 Å². The molecule has 3 aromatic carbocycles. The first-order valence-electron chi connectivity index (χ1n) is 10.4. The molecule has 1 heterocycles. The molecule has 4 aromatic rings. The lowest BCUT2D eigenvalue weighted by Gasteiger charge is -2.12. The molecular weight excluding hydrogens is 434 g/mol. The van der Waals surface area contributed by atoms with Crippen LogP contribution in [0.5, 0.6) is 17.2 Å². The highest BCUT2D eigenvalue weighted by molar-refractivity contribution is 6.04. The van der Waals surface area contributed by atoms with Gasteiger partial charge in [-0.25, -0.2) is 0 Å². The zero-order chi connectivity index (χ0) is 23.9. The van der Waals surface area contributed by atoms with E-state index in [1.165, 1.54) is 27.4 Å². The molecule has 172 valence electrons. The molecule has 0 saturated heterocycles. The highest BCUT2D eigenvalue weighted by Gasteiger charge is 2.15. The topological polar surface area (TPSA) is 95.7 Å². The number of anilines is 1. The number of nitrogens with one attached hydrogen (secondary N) is 1. The molecule has 0 unspecified atom stereocenters. The van der Waals surface area contributed by atoms with Crippen LogP contribution in [0.1, 0.15) is 5.56 Å². The van der Waals surface area contributed by atoms with E-state index in [1.54, 1.807) is 30.3 Å². The van der Waals surface area contributed by atoms with Gasteiger partial charge >= 0.3 is 0 Å². The Bertz CT molecular complexity index is 1290. The summed E-state index contributed by atoms with van der Waals surface area (Å²) in [6.45, 7) is 0. The summed E-state index contributed by atoms with van der Waals surface area (Å²) in [6.07, 6.45) is 3.07. The number of rotatable bonds is 8. The Labute approximate surface area is 196 Å². The number of carbonyl (C=O) groups is 1. The Morgan fingerprint density at radius 3 is 2.26 bits per heavy atom. The number of carbonyl (C=O) groups excluding carboxylic acids is 1. The van der Waals surface area contributed by atoms with Crippen molar-refractivity contribution in [2.75, 3.05) is 26.6 Å². The minimum Gasteiger partial charge on any atom is -0.493 e. The van der Waals surface area contributed by atoms with Gasteiger partial charge in [-0.1, -0.05) is 47.6 Å². The number of aromatic nitrogens is 2. The van der Waals surface area contributed by atoms with Gasteiger partial charge in [-0.3, -0.25) is 4.79 Å². The number of amides is 1. The summed E-state index contributed by atoms with van der Waals surface area (Å²) in [5, 5.41) is 6.93. The molecule has 0 saturated carbocycles. The Balaban J connectivity index is 1.54. The number of ether oxygens (including phenoxy) is 3. The summed E-state index contributed by atoms with van der Waals surface area (Å²) < 4.78 is 21.5. The predicted octanol–water partition coefficient (Wildman–Crippen LogP) is 5.08. The van der Waals surface area contributed by atoms with Crippen molar-refractivity contribution in [1.82, 2.24) is 10.1 Å². The van der Waals surface area contributed by atoms with E-state index in [-0.39, 0.29) is 5.91 Å². The first kappa shape index (κ1) is 22.6. The zero-order valence-electron chi connectivity index (χ0n) is 18.9. The highest BCUT2D eigenvalue weighted by atomic mass is 16.5.